The van der Waals surface area contributed by atoms with Crippen molar-refractivity contribution >= 4 is 55.5 Å². The van der Waals surface area contributed by atoms with Gasteiger partial charge in [0.15, 0.2) is 5.84 Å². The Kier molecular flexibility index (Phi) is 7.15. The highest BCUT2D eigenvalue weighted by Gasteiger charge is 2.57. The van der Waals surface area contributed by atoms with Gasteiger partial charge >= 0.3 is 0 Å². The number of benzene rings is 8. The molecular weight excluding hydrogens is 705 g/mol. The van der Waals surface area contributed by atoms with Gasteiger partial charge in [-0.1, -0.05) is 176 Å². The molecule has 274 valence electrons. The fourth-order valence-corrected chi connectivity index (χ4v) is 10.9. The second kappa shape index (κ2) is 12.6. The van der Waals surface area contributed by atoms with Gasteiger partial charge in [-0.15, -0.1) is 0 Å². The number of nitrogens with zero attached hydrogens (tertiary/aromatic N) is 3. The second-order valence-corrected chi connectivity index (χ2v) is 15.8. The van der Waals surface area contributed by atoms with E-state index in [0.29, 0.717) is 5.84 Å². The monoisotopic (exact) mass is 742 g/mol. The summed E-state index contributed by atoms with van der Waals surface area (Å²) in [6.45, 7) is 0. The molecule has 0 saturated carbocycles. The van der Waals surface area contributed by atoms with Crippen LogP contribution in [0.1, 0.15) is 50.9 Å². The molecule has 3 unspecified atom stereocenters. The first-order chi connectivity index (χ1) is 28.8. The molecule has 3 aliphatic rings. The van der Waals surface area contributed by atoms with Crippen LogP contribution in [0.15, 0.2) is 204 Å². The van der Waals surface area contributed by atoms with E-state index < -0.39 is 0 Å². The van der Waals surface area contributed by atoms with Crippen LogP contribution in [0.5, 0.6) is 0 Å². The molecule has 0 radical (unpaired) electrons. The minimum Gasteiger partial charge on any atom is -0.390 e. The van der Waals surface area contributed by atoms with E-state index in [2.05, 4.69) is 173 Å². The van der Waals surface area contributed by atoms with Crippen LogP contribution in [0, 0.1) is 5.92 Å². The Morgan fingerprint density at radius 3 is 2.00 bits per heavy atom. The maximum absolute atomic E-state index is 5.94. The van der Waals surface area contributed by atoms with Crippen LogP contribution < -0.4 is 5.73 Å². The Bertz CT molecular complexity index is 3190. The highest BCUT2D eigenvalue weighted by Crippen LogP contribution is 2.65. The SMILES string of the molecule is N/C=N\C(=N/C(c1ccccc1)c1ccc2c3ccccc3n(-c3cccc4c3C3C=CC=CC3C43c4cccc5ccc6cccc3c6c45)c2c1)c1ccccc1. The van der Waals surface area contributed by atoms with E-state index in [1.807, 2.05) is 30.3 Å². The number of aliphatic imine (C=N–C) groups is 2. The van der Waals surface area contributed by atoms with Crippen molar-refractivity contribution in [2.24, 2.45) is 21.6 Å². The molecule has 58 heavy (non-hydrogen) atoms. The number of rotatable bonds is 5. The summed E-state index contributed by atoms with van der Waals surface area (Å²) in [5.41, 5.74) is 17.9. The van der Waals surface area contributed by atoms with Gasteiger partial charge in [-0.05, 0) is 73.1 Å². The van der Waals surface area contributed by atoms with E-state index in [1.165, 1.54) is 72.1 Å². The molecule has 9 aromatic rings. The van der Waals surface area contributed by atoms with Gasteiger partial charge in [-0.2, -0.15) is 0 Å². The van der Waals surface area contributed by atoms with Crippen molar-refractivity contribution in [2.75, 3.05) is 0 Å². The summed E-state index contributed by atoms with van der Waals surface area (Å²) < 4.78 is 2.53. The van der Waals surface area contributed by atoms with Crippen molar-refractivity contribution in [2.45, 2.75) is 17.4 Å². The average Bonchev–Trinajstić information content (AvgIpc) is 3.90. The summed E-state index contributed by atoms with van der Waals surface area (Å²) >= 11 is 0. The van der Waals surface area contributed by atoms with Crippen molar-refractivity contribution in [3.05, 3.63) is 233 Å². The summed E-state index contributed by atoms with van der Waals surface area (Å²) in [6, 6.07) is 61.6. The molecule has 8 aromatic carbocycles. The van der Waals surface area contributed by atoms with Crippen LogP contribution in [-0.2, 0) is 5.41 Å². The van der Waals surface area contributed by atoms with Crippen LogP contribution in [-0.4, -0.2) is 16.7 Å². The Balaban J connectivity index is 1.14. The predicted molar refractivity (Wildman–Crippen MR) is 241 cm³/mol. The second-order valence-electron chi connectivity index (χ2n) is 15.8. The largest absolute Gasteiger partial charge is 0.390 e. The van der Waals surface area contributed by atoms with E-state index >= 15 is 0 Å². The molecule has 1 spiro atoms. The van der Waals surface area contributed by atoms with Gasteiger partial charge in [0.05, 0.1) is 28.5 Å². The van der Waals surface area contributed by atoms with Crippen molar-refractivity contribution in [3.63, 3.8) is 0 Å². The zero-order chi connectivity index (χ0) is 38.4. The number of hydrogen-bond donors (Lipinski definition) is 1. The third-order valence-corrected chi connectivity index (χ3v) is 13.1. The highest BCUT2D eigenvalue weighted by atomic mass is 15.0. The minimum absolute atomic E-state index is 0.180. The maximum atomic E-state index is 5.94. The van der Waals surface area contributed by atoms with Gasteiger partial charge in [0.25, 0.3) is 0 Å². The standard InChI is InChI=1S/C54H38N4/c55-33-56-53(37-16-5-2-6-17-37)57-52(36-14-3-1-4-15-36)38-30-31-40-39-20-8-10-26-46(39)58(48(40)32-38)47-27-13-25-45-51(47)41-21-7-9-22-42(41)54(45)43-23-11-18-34-28-29-35-19-12-24-44(54)50(35)49(34)43/h1-33,41-42,52H,(H2,55,56,57). The van der Waals surface area contributed by atoms with E-state index in [9.17, 15) is 0 Å². The average molecular weight is 743 g/mol. The fraction of sp³-hybridized carbons (Fsp3) is 0.0741. The fourth-order valence-electron chi connectivity index (χ4n) is 10.9. The number of fused-ring (bicyclic) bond motifs is 10. The number of nitrogens with two attached hydrogens (primary N) is 1. The molecule has 12 rings (SSSR count). The van der Waals surface area contributed by atoms with Gasteiger partial charge in [0.1, 0.15) is 6.04 Å². The van der Waals surface area contributed by atoms with Gasteiger partial charge in [-0.25, -0.2) is 4.99 Å². The number of hydrogen-bond acceptors (Lipinski definition) is 1. The first-order valence-corrected chi connectivity index (χ1v) is 20.2. The Morgan fingerprint density at radius 1 is 0.586 bits per heavy atom. The molecule has 3 aliphatic carbocycles. The van der Waals surface area contributed by atoms with E-state index in [4.69, 9.17) is 10.7 Å². The van der Waals surface area contributed by atoms with Crippen LogP contribution in [0.2, 0.25) is 0 Å². The lowest BCUT2D eigenvalue weighted by molar-refractivity contribution is 0.466. The molecule has 0 fully saturated rings. The summed E-state index contributed by atoms with van der Waals surface area (Å²) in [4.78, 5) is 9.96. The Morgan fingerprint density at radius 2 is 1.24 bits per heavy atom. The lowest BCUT2D eigenvalue weighted by atomic mass is 9.65. The topological polar surface area (TPSA) is 55.7 Å². The summed E-state index contributed by atoms with van der Waals surface area (Å²) in [7, 11) is 0. The van der Waals surface area contributed by atoms with E-state index in [1.54, 1.807) is 0 Å². The first kappa shape index (κ1) is 32.9. The zero-order valence-electron chi connectivity index (χ0n) is 31.7. The molecular formula is C54H38N4. The minimum atomic E-state index is -0.325. The third-order valence-electron chi connectivity index (χ3n) is 13.1. The lowest BCUT2D eigenvalue weighted by Gasteiger charge is -2.36. The van der Waals surface area contributed by atoms with Crippen molar-refractivity contribution in [3.8, 4) is 5.69 Å². The van der Waals surface area contributed by atoms with Gasteiger partial charge in [0.2, 0.25) is 0 Å². The van der Waals surface area contributed by atoms with E-state index in [-0.39, 0.29) is 23.3 Å². The van der Waals surface area contributed by atoms with Gasteiger partial charge in [-0.3, -0.25) is 4.99 Å². The summed E-state index contributed by atoms with van der Waals surface area (Å²) in [6.07, 6.45) is 10.8. The maximum Gasteiger partial charge on any atom is 0.157 e. The quantitative estimate of drug-likeness (QED) is 0.107. The molecule has 3 atom stereocenters. The summed E-state index contributed by atoms with van der Waals surface area (Å²) in [5, 5.41) is 7.86. The first-order valence-electron chi connectivity index (χ1n) is 20.2. The number of aromatic nitrogens is 1. The molecule has 0 bridgehead atoms. The molecule has 1 aromatic heterocycles. The van der Waals surface area contributed by atoms with Gasteiger partial charge in [0, 0.05) is 28.2 Å². The molecule has 0 amide bonds. The Labute approximate surface area is 336 Å². The zero-order valence-corrected chi connectivity index (χ0v) is 31.7. The summed E-state index contributed by atoms with van der Waals surface area (Å²) in [5.74, 6) is 0.992. The smallest absolute Gasteiger partial charge is 0.157 e. The van der Waals surface area contributed by atoms with Crippen LogP contribution >= 0.6 is 0 Å². The van der Waals surface area contributed by atoms with Crippen molar-refractivity contribution in [1.29, 1.82) is 0 Å². The number of allylic oxidation sites excluding steroid dienone is 4. The van der Waals surface area contributed by atoms with Crippen LogP contribution in [0.25, 0.3) is 49.0 Å². The predicted octanol–water partition coefficient (Wildman–Crippen LogP) is 12.1. The van der Waals surface area contributed by atoms with Crippen LogP contribution in [0.3, 0.4) is 0 Å². The molecule has 4 nitrogen and oxygen atoms in total. The number of amidine groups is 1. The molecule has 4 heteroatoms. The number of para-hydroxylation sites is 1. The van der Waals surface area contributed by atoms with Gasteiger partial charge < -0.3 is 10.3 Å². The molecule has 2 N–H and O–H groups in total. The molecule has 0 saturated heterocycles. The van der Waals surface area contributed by atoms with E-state index in [0.717, 1.165) is 22.2 Å². The lowest BCUT2D eigenvalue weighted by Crippen LogP contribution is -2.33. The third kappa shape index (κ3) is 4.46. The Hall–Kier alpha value is -7.30. The highest BCUT2D eigenvalue weighted by molar-refractivity contribution is 6.16. The van der Waals surface area contributed by atoms with Crippen molar-refractivity contribution in [1.82, 2.24) is 4.57 Å². The normalized spacial score (nSPS) is 18.0. The van der Waals surface area contributed by atoms with Crippen LogP contribution in [0.4, 0.5) is 0 Å². The van der Waals surface area contributed by atoms with Crippen molar-refractivity contribution < 1.29 is 0 Å². The molecule has 1 heterocycles. The molecule has 0 aliphatic heterocycles.